The number of halogens is 4. The van der Waals surface area contributed by atoms with E-state index in [1.54, 1.807) is 6.92 Å². The van der Waals surface area contributed by atoms with E-state index in [1.807, 2.05) is 0 Å². The second-order valence-corrected chi connectivity index (χ2v) is 8.37. The number of hydrogen-bond acceptors (Lipinski definition) is 4. The summed E-state index contributed by atoms with van der Waals surface area (Å²) in [5.41, 5.74) is -1.22. The van der Waals surface area contributed by atoms with Gasteiger partial charge in [0.1, 0.15) is 11.6 Å². The Morgan fingerprint density at radius 3 is 2.33 bits per heavy atom. The van der Waals surface area contributed by atoms with Crippen LogP contribution >= 0.6 is 0 Å². The molecule has 164 valence electrons. The van der Waals surface area contributed by atoms with Gasteiger partial charge in [0.25, 0.3) is 0 Å². The van der Waals surface area contributed by atoms with E-state index in [9.17, 15) is 30.8 Å². The second kappa shape index (κ2) is 9.43. The summed E-state index contributed by atoms with van der Waals surface area (Å²) in [4.78, 5) is 12.1. The quantitative estimate of drug-likeness (QED) is 0.622. The fourth-order valence-electron chi connectivity index (χ4n) is 2.41. The minimum absolute atomic E-state index is 0.0299. The lowest BCUT2D eigenvalue weighted by atomic mass is 10.1. The summed E-state index contributed by atoms with van der Waals surface area (Å²) in [6.45, 7) is 1.34. The Morgan fingerprint density at radius 1 is 1.13 bits per heavy atom. The number of sulfonamides is 1. The maximum atomic E-state index is 13.0. The molecule has 1 N–H and O–H groups in total. The Balaban J connectivity index is 2.20. The molecule has 0 heterocycles. The minimum atomic E-state index is -4.63. The summed E-state index contributed by atoms with van der Waals surface area (Å²) in [6, 6.07) is 6.64. The molecule has 11 heteroatoms. The lowest BCUT2D eigenvalue weighted by Crippen LogP contribution is -2.35. The van der Waals surface area contributed by atoms with E-state index in [0.717, 1.165) is 49.5 Å². The Hall–Kier alpha value is -2.66. The molecule has 0 aliphatic carbocycles. The van der Waals surface area contributed by atoms with Crippen molar-refractivity contribution in [3.05, 3.63) is 53.8 Å². The Kier molecular flexibility index (Phi) is 7.43. The number of rotatable bonds is 8. The number of anilines is 1. The zero-order valence-corrected chi connectivity index (χ0v) is 17.0. The van der Waals surface area contributed by atoms with E-state index < -0.39 is 40.0 Å². The predicted molar refractivity (Wildman–Crippen MR) is 102 cm³/mol. The Morgan fingerprint density at radius 2 is 1.77 bits per heavy atom. The van der Waals surface area contributed by atoms with Crippen molar-refractivity contribution < 1.29 is 35.5 Å². The van der Waals surface area contributed by atoms with Crippen LogP contribution in [0.15, 0.2) is 47.4 Å². The van der Waals surface area contributed by atoms with E-state index >= 15 is 0 Å². The second-order valence-electron chi connectivity index (χ2n) is 6.32. The molecule has 0 radical (unpaired) electrons. The summed E-state index contributed by atoms with van der Waals surface area (Å²) in [7, 11) is -2.98. The summed E-state index contributed by atoms with van der Waals surface area (Å²) in [5, 5.41) is 2.27. The van der Waals surface area contributed by atoms with Gasteiger partial charge in [-0.2, -0.15) is 17.5 Å². The first-order chi connectivity index (χ1) is 13.9. The van der Waals surface area contributed by atoms with E-state index in [4.69, 9.17) is 4.74 Å². The fourth-order valence-corrected chi connectivity index (χ4v) is 3.53. The molecule has 0 saturated carbocycles. The maximum Gasteiger partial charge on any atom is 0.416 e. The van der Waals surface area contributed by atoms with Gasteiger partial charge < -0.3 is 10.1 Å². The van der Waals surface area contributed by atoms with Crippen LogP contribution in [0.4, 0.5) is 23.2 Å². The van der Waals surface area contributed by atoms with E-state index in [1.165, 1.54) is 0 Å². The van der Waals surface area contributed by atoms with Crippen molar-refractivity contribution in [2.45, 2.75) is 24.4 Å². The van der Waals surface area contributed by atoms with Gasteiger partial charge in [-0.1, -0.05) is 6.92 Å². The lowest BCUT2D eigenvalue weighted by molar-refractivity contribution is -0.137. The molecule has 0 aromatic heterocycles. The molecule has 30 heavy (non-hydrogen) atoms. The normalized spacial score (nSPS) is 12.1. The SMILES string of the molecule is CCCOc1ccc(C(F)(F)F)cc1NC(=O)CN(C)S(=O)(=O)c1ccc(F)cc1. The molecule has 0 spiro atoms. The molecular weight excluding hydrogens is 428 g/mol. The molecule has 0 aliphatic heterocycles. The molecule has 2 rings (SSSR count). The molecule has 0 fully saturated rings. The number of carbonyl (C=O) groups is 1. The highest BCUT2D eigenvalue weighted by molar-refractivity contribution is 7.89. The van der Waals surface area contributed by atoms with Crippen LogP contribution in [0.25, 0.3) is 0 Å². The average Bonchev–Trinajstić information content (AvgIpc) is 2.66. The number of carbonyl (C=O) groups excluding carboxylic acids is 1. The van der Waals surface area contributed by atoms with Crippen molar-refractivity contribution in [1.82, 2.24) is 4.31 Å². The van der Waals surface area contributed by atoms with E-state index in [2.05, 4.69) is 5.32 Å². The van der Waals surface area contributed by atoms with Crippen molar-refractivity contribution in [2.75, 3.05) is 25.5 Å². The molecule has 2 aromatic rings. The largest absolute Gasteiger partial charge is 0.491 e. The Bertz CT molecular complexity index is 993. The van der Waals surface area contributed by atoms with Crippen molar-refractivity contribution in [3.63, 3.8) is 0 Å². The van der Waals surface area contributed by atoms with Gasteiger partial charge in [-0.3, -0.25) is 4.79 Å². The Labute approximate surface area is 171 Å². The van der Waals surface area contributed by atoms with Gasteiger partial charge in [0.2, 0.25) is 15.9 Å². The van der Waals surface area contributed by atoms with Gasteiger partial charge in [0, 0.05) is 7.05 Å². The minimum Gasteiger partial charge on any atom is -0.491 e. The van der Waals surface area contributed by atoms with Crippen LogP contribution in [0.3, 0.4) is 0 Å². The molecule has 0 saturated heterocycles. The number of benzene rings is 2. The van der Waals surface area contributed by atoms with Crippen molar-refractivity contribution in [3.8, 4) is 5.75 Å². The number of nitrogens with zero attached hydrogens (tertiary/aromatic N) is 1. The first kappa shape index (κ1) is 23.6. The topological polar surface area (TPSA) is 75.7 Å². The number of hydrogen-bond donors (Lipinski definition) is 1. The van der Waals surface area contributed by atoms with E-state index in [0.29, 0.717) is 10.7 Å². The molecule has 0 unspecified atom stereocenters. The zero-order valence-electron chi connectivity index (χ0n) is 16.2. The van der Waals surface area contributed by atoms with Crippen LogP contribution in [0, 0.1) is 5.82 Å². The molecule has 2 aromatic carbocycles. The smallest absolute Gasteiger partial charge is 0.416 e. The fraction of sp³-hybridized carbons (Fsp3) is 0.316. The van der Waals surface area contributed by atoms with Gasteiger partial charge >= 0.3 is 6.18 Å². The number of likely N-dealkylation sites (N-methyl/N-ethyl adjacent to an activating group) is 1. The predicted octanol–water partition coefficient (Wildman–Crippen LogP) is 3.89. The zero-order chi connectivity index (χ0) is 22.5. The van der Waals surface area contributed by atoms with E-state index in [-0.39, 0.29) is 22.9 Å². The first-order valence-corrected chi connectivity index (χ1v) is 10.2. The standard InChI is InChI=1S/C19H20F4N2O4S/c1-3-10-29-17-9-4-13(19(21,22)23)11-16(17)24-18(26)12-25(2)30(27,28)15-7-5-14(20)6-8-15/h4-9,11H,3,10,12H2,1-2H3,(H,24,26). The first-order valence-electron chi connectivity index (χ1n) is 8.81. The highest BCUT2D eigenvalue weighted by atomic mass is 32.2. The van der Waals surface area contributed by atoms with Crippen molar-refractivity contribution in [1.29, 1.82) is 0 Å². The van der Waals surface area contributed by atoms with Crippen LogP contribution in [0.5, 0.6) is 5.75 Å². The summed E-state index contributed by atoms with van der Waals surface area (Å²) >= 11 is 0. The molecule has 0 bridgehead atoms. The van der Waals surface area contributed by atoms with Crippen LogP contribution < -0.4 is 10.1 Å². The lowest BCUT2D eigenvalue weighted by Gasteiger charge is -2.18. The molecular formula is C19H20F4N2O4S. The summed E-state index contributed by atoms with van der Waals surface area (Å²) in [6.07, 6.45) is -4.04. The monoisotopic (exact) mass is 448 g/mol. The van der Waals surface area contributed by atoms with Gasteiger partial charge in [0.05, 0.1) is 29.3 Å². The maximum absolute atomic E-state index is 13.0. The highest BCUT2D eigenvalue weighted by Gasteiger charge is 2.31. The number of alkyl halides is 3. The third-order valence-corrected chi connectivity index (χ3v) is 5.75. The van der Waals surface area contributed by atoms with Crippen LogP contribution in [-0.4, -0.2) is 38.8 Å². The third kappa shape index (κ3) is 5.92. The van der Waals surface area contributed by atoms with Gasteiger partial charge in [0.15, 0.2) is 0 Å². The van der Waals surface area contributed by atoms with Crippen LogP contribution in [-0.2, 0) is 21.0 Å². The van der Waals surface area contributed by atoms with Crippen molar-refractivity contribution >= 4 is 21.6 Å². The third-order valence-electron chi connectivity index (χ3n) is 3.93. The van der Waals surface area contributed by atoms with Gasteiger partial charge in [-0.15, -0.1) is 0 Å². The summed E-state index contributed by atoms with van der Waals surface area (Å²) < 4.78 is 83.0. The van der Waals surface area contributed by atoms with Gasteiger partial charge in [-0.05, 0) is 48.9 Å². The van der Waals surface area contributed by atoms with Crippen LogP contribution in [0.2, 0.25) is 0 Å². The average molecular weight is 448 g/mol. The number of amides is 1. The molecule has 0 aliphatic rings. The van der Waals surface area contributed by atoms with Crippen molar-refractivity contribution in [2.24, 2.45) is 0 Å². The number of nitrogens with one attached hydrogen (secondary N) is 1. The summed E-state index contributed by atoms with van der Waals surface area (Å²) in [5.74, 6) is -1.47. The van der Waals surface area contributed by atoms with Gasteiger partial charge in [-0.25, -0.2) is 12.8 Å². The highest BCUT2D eigenvalue weighted by Crippen LogP contribution is 2.35. The van der Waals surface area contributed by atoms with Crippen LogP contribution in [0.1, 0.15) is 18.9 Å². The molecule has 0 atom stereocenters. The number of ether oxygens (including phenoxy) is 1. The molecule has 1 amide bonds. The molecule has 6 nitrogen and oxygen atoms in total.